The van der Waals surface area contributed by atoms with Crippen molar-refractivity contribution in [1.29, 1.82) is 0 Å². The first-order valence-corrected chi connectivity index (χ1v) is 4.68. The van der Waals surface area contributed by atoms with Crippen LogP contribution in [0.2, 0.25) is 0 Å². The summed E-state index contributed by atoms with van der Waals surface area (Å²) in [5, 5.41) is 17.8. The van der Waals surface area contributed by atoms with Crippen LogP contribution >= 0.6 is 0 Å². The minimum Gasteiger partial charge on any atom is -0.480 e. The number of nitrogens with zero attached hydrogens (tertiary/aromatic N) is 1. The number of likely N-dealkylation sites (tertiary alicyclic amines) is 1. The molecule has 0 aromatic rings. The number of rotatable bonds is 3. The fraction of sp³-hybridized carbons (Fsp3) is 0.778. The minimum absolute atomic E-state index is 0.0558. The topological polar surface area (TPSA) is 77.8 Å². The highest BCUT2D eigenvalue weighted by molar-refractivity contribution is 5.79. The lowest BCUT2D eigenvalue weighted by Gasteiger charge is -2.29. The van der Waals surface area contributed by atoms with E-state index in [9.17, 15) is 9.59 Å². The smallest absolute Gasteiger partial charge is 0.320 e. The molecule has 0 aromatic carbocycles. The van der Waals surface area contributed by atoms with E-state index in [1.54, 1.807) is 4.90 Å². The van der Waals surface area contributed by atoms with E-state index in [4.69, 9.17) is 10.2 Å². The van der Waals surface area contributed by atoms with E-state index in [1.807, 2.05) is 13.8 Å². The van der Waals surface area contributed by atoms with Crippen LogP contribution in [-0.4, -0.2) is 45.2 Å². The van der Waals surface area contributed by atoms with Gasteiger partial charge in [0.25, 0.3) is 0 Å². The van der Waals surface area contributed by atoms with Crippen LogP contribution in [0.1, 0.15) is 26.7 Å². The molecule has 1 rings (SSSR count). The maximum Gasteiger partial charge on any atom is 0.320 e. The summed E-state index contributed by atoms with van der Waals surface area (Å²) >= 11 is 0. The summed E-state index contributed by atoms with van der Waals surface area (Å²) in [5.74, 6) is -1.86. The van der Waals surface area contributed by atoms with Gasteiger partial charge in [0, 0.05) is 6.04 Å². The predicted molar refractivity (Wildman–Crippen MR) is 49.1 cm³/mol. The number of hydrogen-bond donors (Lipinski definition) is 2. The maximum atomic E-state index is 10.8. The molecule has 2 atom stereocenters. The fourth-order valence-corrected chi connectivity index (χ4v) is 2.05. The van der Waals surface area contributed by atoms with Crippen molar-refractivity contribution in [2.45, 2.75) is 44.8 Å². The van der Waals surface area contributed by atoms with Gasteiger partial charge in [0.15, 0.2) is 0 Å². The van der Waals surface area contributed by atoms with E-state index in [0.717, 1.165) is 0 Å². The maximum absolute atomic E-state index is 10.8. The molecule has 0 aromatic heterocycles. The molecule has 0 bridgehead atoms. The highest BCUT2D eigenvalue weighted by Crippen LogP contribution is 2.26. The predicted octanol–water partition coefficient (Wildman–Crippen LogP) is 0.397. The number of carboxylic acids is 2. The van der Waals surface area contributed by atoms with Crippen molar-refractivity contribution in [2.75, 3.05) is 0 Å². The Kier molecular flexibility index (Phi) is 3.10. The Morgan fingerprint density at radius 2 is 1.50 bits per heavy atom. The molecule has 80 valence electrons. The lowest BCUT2D eigenvalue weighted by molar-refractivity contribution is -0.148. The quantitative estimate of drug-likeness (QED) is 0.691. The Balaban J connectivity index is 2.85. The Morgan fingerprint density at radius 1 is 1.14 bits per heavy atom. The third-order valence-electron chi connectivity index (χ3n) is 2.60. The molecule has 0 aliphatic carbocycles. The van der Waals surface area contributed by atoms with Crippen LogP contribution in [-0.2, 0) is 9.59 Å². The molecule has 1 aliphatic heterocycles. The summed E-state index contributed by atoms with van der Waals surface area (Å²) in [6.07, 6.45) is 0.842. The molecule has 0 spiro atoms. The Labute approximate surface area is 82.3 Å². The molecule has 5 heteroatoms. The molecule has 0 amide bonds. The molecule has 0 saturated carbocycles. The molecule has 1 aliphatic rings. The van der Waals surface area contributed by atoms with Crippen molar-refractivity contribution in [3.63, 3.8) is 0 Å². The van der Waals surface area contributed by atoms with E-state index in [-0.39, 0.29) is 6.04 Å². The van der Waals surface area contributed by atoms with Crippen molar-refractivity contribution in [3.05, 3.63) is 0 Å². The highest BCUT2D eigenvalue weighted by atomic mass is 16.4. The van der Waals surface area contributed by atoms with Gasteiger partial charge in [0.2, 0.25) is 0 Å². The summed E-state index contributed by atoms with van der Waals surface area (Å²) in [6, 6.07) is -1.34. The summed E-state index contributed by atoms with van der Waals surface area (Å²) in [6.45, 7) is 3.63. The van der Waals surface area contributed by atoms with Crippen LogP contribution in [0, 0.1) is 0 Å². The number of aliphatic carboxylic acids is 2. The summed E-state index contributed by atoms with van der Waals surface area (Å²) in [5.41, 5.74) is 0. The zero-order valence-electron chi connectivity index (χ0n) is 8.30. The van der Waals surface area contributed by atoms with E-state index in [2.05, 4.69) is 0 Å². The normalized spacial score (nSPS) is 28.2. The largest absolute Gasteiger partial charge is 0.480 e. The van der Waals surface area contributed by atoms with Crippen LogP contribution < -0.4 is 0 Å². The zero-order chi connectivity index (χ0) is 10.9. The second kappa shape index (κ2) is 3.96. The third kappa shape index (κ3) is 1.87. The summed E-state index contributed by atoms with van der Waals surface area (Å²) < 4.78 is 0. The van der Waals surface area contributed by atoms with E-state index >= 15 is 0 Å². The second-order valence-corrected chi connectivity index (χ2v) is 3.83. The summed E-state index contributed by atoms with van der Waals surface area (Å²) in [7, 11) is 0. The van der Waals surface area contributed by atoms with Gasteiger partial charge in [-0.25, -0.2) is 0 Å². The first kappa shape index (κ1) is 11.0. The third-order valence-corrected chi connectivity index (χ3v) is 2.60. The molecule has 1 saturated heterocycles. The lowest BCUT2D eigenvalue weighted by atomic mass is 10.2. The van der Waals surface area contributed by atoms with Gasteiger partial charge in [-0.1, -0.05) is 0 Å². The van der Waals surface area contributed by atoms with Crippen LogP contribution in [0.4, 0.5) is 0 Å². The summed E-state index contributed by atoms with van der Waals surface area (Å²) in [4.78, 5) is 23.3. The van der Waals surface area contributed by atoms with Gasteiger partial charge in [0.1, 0.15) is 12.1 Å². The zero-order valence-corrected chi connectivity index (χ0v) is 8.30. The van der Waals surface area contributed by atoms with Gasteiger partial charge in [-0.15, -0.1) is 0 Å². The highest BCUT2D eigenvalue weighted by Gasteiger charge is 2.42. The van der Waals surface area contributed by atoms with Gasteiger partial charge in [0.05, 0.1) is 0 Å². The molecule has 1 fully saturated rings. The van der Waals surface area contributed by atoms with Crippen molar-refractivity contribution in [1.82, 2.24) is 4.90 Å². The molecule has 2 N–H and O–H groups in total. The van der Waals surface area contributed by atoms with Crippen molar-refractivity contribution in [2.24, 2.45) is 0 Å². The van der Waals surface area contributed by atoms with Gasteiger partial charge < -0.3 is 10.2 Å². The average molecular weight is 201 g/mol. The molecule has 1 heterocycles. The standard InChI is InChI=1S/C9H15NO4/c1-5(2)10-6(8(11)12)3-4-7(10)9(13)14/h5-7H,3-4H2,1-2H3,(H,11,12)(H,13,14). The van der Waals surface area contributed by atoms with Crippen molar-refractivity contribution >= 4 is 11.9 Å². The van der Waals surface area contributed by atoms with Gasteiger partial charge >= 0.3 is 11.9 Å². The molecule has 14 heavy (non-hydrogen) atoms. The minimum atomic E-state index is -0.928. The van der Waals surface area contributed by atoms with E-state index < -0.39 is 24.0 Å². The van der Waals surface area contributed by atoms with Crippen LogP contribution in [0.5, 0.6) is 0 Å². The Morgan fingerprint density at radius 3 is 1.71 bits per heavy atom. The molecule has 2 unspecified atom stereocenters. The van der Waals surface area contributed by atoms with E-state index in [1.165, 1.54) is 0 Å². The van der Waals surface area contributed by atoms with Crippen molar-refractivity contribution in [3.8, 4) is 0 Å². The number of carbonyl (C=O) groups is 2. The van der Waals surface area contributed by atoms with Gasteiger partial charge in [-0.2, -0.15) is 0 Å². The van der Waals surface area contributed by atoms with Gasteiger partial charge in [-0.05, 0) is 26.7 Å². The first-order chi connectivity index (χ1) is 6.45. The SMILES string of the molecule is CC(C)N1C(C(=O)O)CCC1C(=O)O. The number of hydrogen-bond acceptors (Lipinski definition) is 3. The van der Waals surface area contributed by atoms with Crippen LogP contribution in [0.3, 0.4) is 0 Å². The Hall–Kier alpha value is -1.10. The Bertz CT molecular complexity index is 229. The second-order valence-electron chi connectivity index (χ2n) is 3.83. The number of carboxylic acid groups (broad SMARTS) is 2. The molecule has 0 radical (unpaired) electrons. The van der Waals surface area contributed by atoms with Crippen LogP contribution in [0.25, 0.3) is 0 Å². The molecular weight excluding hydrogens is 186 g/mol. The molecule has 5 nitrogen and oxygen atoms in total. The monoisotopic (exact) mass is 201 g/mol. The van der Waals surface area contributed by atoms with Crippen LogP contribution in [0.15, 0.2) is 0 Å². The average Bonchev–Trinajstić information content (AvgIpc) is 2.46. The molecular formula is C9H15NO4. The van der Waals surface area contributed by atoms with Crippen molar-refractivity contribution < 1.29 is 19.8 Å². The first-order valence-electron chi connectivity index (χ1n) is 4.68. The van der Waals surface area contributed by atoms with Gasteiger partial charge in [-0.3, -0.25) is 14.5 Å². The fourth-order valence-electron chi connectivity index (χ4n) is 2.05. The van der Waals surface area contributed by atoms with E-state index in [0.29, 0.717) is 12.8 Å². The lowest BCUT2D eigenvalue weighted by Crippen LogP contribution is -2.47.